The van der Waals surface area contributed by atoms with Crippen molar-refractivity contribution in [3.8, 4) is 0 Å². The molecule has 10 heteroatoms. The summed E-state index contributed by atoms with van der Waals surface area (Å²) in [5, 5.41) is 0. The largest absolute Gasteiger partial charge is 0.378 e. The maximum atomic E-state index is 13.4. The fraction of sp³-hybridized carbons (Fsp3) is 0.250. The predicted octanol–water partition coefficient (Wildman–Crippen LogP) is 2.61. The van der Waals surface area contributed by atoms with Crippen molar-refractivity contribution in [2.75, 3.05) is 31.2 Å². The van der Waals surface area contributed by atoms with Gasteiger partial charge in [-0.3, -0.25) is 9.20 Å². The van der Waals surface area contributed by atoms with Gasteiger partial charge in [0.15, 0.2) is 5.78 Å². The third-order valence-electron chi connectivity index (χ3n) is 5.79. The fourth-order valence-electron chi connectivity index (χ4n) is 3.93. The molecule has 1 aromatic carbocycles. The van der Waals surface area contributed by atoms with Crippen LogP contribution >= 0.6 is 0 Å². The van der Waals surface area contributed by atoms with E-state index in [0.717, 1.165) is 5.56 Å². The van der Waals surface area contributed by atoms with E-state index in [2.05, 4.69) is 15.0 Å². The van der Waals surface area contributed by atoms with Crippen LogP contribution in [0.25, 0.3) is 5.78 Å². The second kappa shape index (κ2) is 9.32. The summed E-state index contributed by atoms with van der Waals surface area (Å²) in [6.07, 6.45) is 9.00. The van der Waals surface area contributed by atoms with Gasteiger partial charge >= 0.3 is 0 Å². The molecule has 0 N–H and O–H groups in total. The Bertz CT molecular complexity index is 1430. The molecule has 1 saturated heterocycles. The first kappa shape index (κ1) is 22.2. The van der Waals surface area contributed by atoms with Gasteiger partial charge < -0.3 is 9.64 Å². The Morgan fingerprint density at radius 3 is 2.59 bits per heavy atom. The Morgan fingerprint density at radius 1 is 1.00 bits per heavy atom. The zero-order chi connectivity index (χ0) is 23.5. The van der Waals surface area contributed by atoms with Crippen molar-refractivity contribution in [3.05, 3.63) is 78.5 Å². The van der Waals surface area contributed by atoms with E-state index in [0.29, 0.717) is 49.9 Å². The van der Waals surface area contributed by atoms with Gasteiger partial charge in [0.1, 0.15) is 10.7 Å². The average molecular weight is 478 g/mol. The lowest BCUT2D eigenvalue weighted by Gasteiger charge is -2.29. The number of morpholine rings is 1. The van der Waals surface area contributed by atoms with E-state index in [1.165, 1.54) is 6.20 Å². The van der Waals surface area contributed by atoms with E-state index >= 15 is 0 Å². The number of rotatable bonds is 7. The van der Waals surface area contributed by atoms with Gasteiger partial charge in [0.2, 0.25) is 15.6 Å². The topological polar surface area (TPSA) is 107 Å². The molecule has 5 rings (SSSR count). The Labute approximate surface area is 197 Å². The average Bonchev–Trinajstić information content (AvgIpc) is 3.36. The van der Waals surface area contributed by atoms with Crippen molar-refractivity contribution in [1.29, 1.82) is 0 Å². The van der Waals surface area contributed by atoms with Gasteiger partial charge in [-0.15, -0.1) is 0 Å². The highest BCUT2D eigenvalue weighted by molar-refractivity contribution is 7.91. The molecule has 1 aliphatic rings. The molecule has 0 amide bonds. The van der Waals surface area contributed by atoms with Crippen LogP contribution in [0.1, 0.15) is 22.3 Å². The summed E-state index contributed by atoms with van der Waals surface area (Å²) in [5.41, 5.74) is 1.39. The number of pyridine rings is 1. The quantitative estimate of drug-likeness (QED) is 0.374. The molecule has 174 valence electrons. The SMILES string of the molecule is O=C(CCc1ccc(S(=O)(=O)c2cccnc2N2CCOCC2)cc1)c1cnc2nccn2c1. The van der Waals surface area contributed by atoms with Gasteiger partial charge in [0.25, 0.3) is 0 Å². The first-order chi connectivity index (χ1) is 16.5. The molecule has 0 saturated carbocycles. The molecular weight excluding hydrogens is 454 g/mol. The van der Waals surface area contributed by atoms with Crippen LogP contribution in [0.2, 0.25) is 0 Å². The highest BCUT2D eigenvalue weighted by Gasteiger charge is 2.26. The number of hydrogen-bond donors (Lipinski definition) is 0. The van der Waals surface area contributed by atoms with Gasteiger partial charge in [-0.25, -0.2) is 23.4 Å². The minimum Gasteiger partial charge on any atom is -0.378 e. The van der Waals surface area contributed by atoms with Gasteiger partial charge in [-0.1, -0.05) is 12.1 Å². The van der Waals surface area contributed by atoms with Crippen molar-refractivity contribution in [1.82, 2.24) is 19.4 Å². The third kappa shape index (κ3) is 4.42. The molecule has 0 radical (unpaired) electrons. The minimum absolute atomic E-state index is 0.0367. The van der Waals surface area contributed by atoms with Crippen LogP contribution in [0.3, 0.4) is 0 Å². The Balaban J connectivity index is 1.30. The van der Waals surface area contributed by atoms with Crippen molar-refractivity contribution >= 4 is 27.2 Å². The van der Waals surface area contributed by atoms with Crippen LogP contribution in [-0.4, -0.2) is 59.9 Å². The number of carbonyl (C=O) groups excluding carboxylic acids is 1. The Hall–Kier alpha value is -3.63. The zero-order valence-electron chi connectivity index (χ0n) is 18.4. The lowest BCUT2D eigenvalue weighted by molar-refractivity contribution is 0.0982. The van der Waals surface area contributed by atoms with Gasteiger partial charge in [-0.2, -0.15) is 0 Å². The number of aromatic nitrogens is 4. The third-order valence-corrected chi connectivity index (χ3v) is 7.58. The van der Waals surface area contributed by atoms with Crippen molar-refractivity contribution in [3.63, 3.8) is 0 Å². The summed E-state index contributed by atoms with van der Waals surface area (Å²) in [6, 6.07) is 9.90. The summed E-state index contributed by atoms with van der Waals surface area (Å²) in [5.74, 6) is 0.952. The van der Waals surface area contributed by atoms with E-state index in [1.807, 2.05) is 4.90 Å². The number of ketones is 1. The van der Waals surface area contributed by atoms with Crippen LogP contribution in [0.5, 0.6) is 0 Å². The number of nitrogens with zero attached hydrogens (tertiary/aromatic N) is 5. The van der Waals surface area contributed by atoms with E-state index < -0.39 is 9.84 Å². The minimum atomic E-state index is -3.75. The molecule has 1 fully saturated rings. The number of anilines is 1. The molecule has 34 heavy (non-hydrogen) atoms. The first-order valence-corrected chi connectivity index (χ1v) is 12.4. The van der Waals surface area contributed by atoms with E-state index in [4.69, 9.17) is 4.74 Å². The molecule has 4 aromatic rings. The lowest BCUT2D eigenvalue weighted by atomic mass is 10.0. The molecule has 0 atom stereocenters. The summed E-state index contributed by atoms with van der Waals surface area (Å²) < 4.78 is 33.8. The summed E-state index contributed by atoms with van der Waals surface area (Å²) >= 11 is 0. The lowest BCUT2D eigenvalue weighted by Crippen LogP contribution is -2.37. The second-order valence-corrected chi connectivity index (χ2v) is 9.89. The number of imidazole rings is 1. The molecule has 9 nitrogen and oxygen atoms in total. The summed E-state index contributed by atoms with van der Waals surface area (Å²) in [4.78, 5) is 27.5. The number of ether oxygens (including phenoxy) is 1. The van der Waals surface area contributed by atoms with Gasteiger partial charge in [0.05, 0.1) is 23.7 Å². The number of carbonyl (C=O) groups is 1. The van der Waals surface area contributed by atoms with Crippen molar-refractivity contribution < 1.29 is 17.9 Å². The van der Waals surface area contributed by atoms with Gasteiger partial charge in [0, 0.05) is 50.5 Å². The maximum absolute atomic E-state index is 13.4. The van der Waals surface area contributed by atoms with E-state index in [1.54, 1.807) is 65.6 Å². The van der Waals surface area contributed by atoms with Crippen LogP contribution in [0.15, 0.2) is 77.2 Å². The van der Waals surface area contributed by atoms with Crippen molar-refractivity contribution in [2.45, 2.75) is 22.6 Å². The standard InChI is InChI=1S/C24H23N5O4S/c30-21(19-16-27-24-26-10-11-29(24)17-19)8-5-18-3-6-20(7-4-18)34(31,32)22-2-1-9-25-23(22)28-12-14-33-15-13-28/h1-4,6-7,9-11,16-17H,5,8,12-15H2. The molecule has 0 unspecified atom stereocenters. The smallest absolute Gasteiger partial charge is 0.233 e. The van der Waals surface area contributed by atoms with E-state index in [-0.39, 0.29) is 22.0 Å². The molecule has 3 aromatic heterocycles. The number of Topliss-reactive ketones (excluding diaryl/α,β-unsaturated/α-hetero) is 1. The summed E-state index contributed by atoms with van der Waals surface area (Å²) in [6.45, 7) is 2.26. The fourth-order valence-corrected chi connectivity index (χ4v) is 5.36. The number of benzene rings is 1. The first-order valence-electron chi connectivity index (χ1n) is 11.0. The van der Waals surface area contributed by atoms with E-state index in [9.17, 15) is 13.2 Å². The predicted molar refractivity (Wildman–Crippen MR) is 125 cm³/mol. The number of hydrogen-bond acceptors (Lipinski definition) is 8. The molecule has 0 spiro atoms. The van der Waals surface area contributed by atoms with Crippen LogP contribution in [0.4, 0.5) is 5.82 Å². The number of fused-ring (bicyclic) bond motifs is 1. The molecular formula is C24H23N5O4S. The Morgan fingerprint density at radius 2 is 1.79 bits per heavy atom. The number of aryl methyl sites for hydroxylation is 1. The van der Waals surface area contributed by atoms with Crippen LogP contribution in [-0.2, 0) is 21.0 Å². The maximum Gasteiger partial charge on any atom is 0.233 e. The highest BCUT2D eigenvalue weighted by atomic mass is 32.2. The Kier molecular flexibility index (Phi) is 6.08. The molecule has 0 aliphatic carbocycles. The van der Waals surface area contributed by atoms with Crippen LogP contribution in [0, 0.1) is 0 Å². The zero-order valence-corrected chi connectivity index (χ0v) is 19.2. The monoisotopic (exact) mass is 477 g/mol. The molecule has 4 heterocycles. The normalized spacial score (nSPS) is 14.4. The number of sulfone groups is 1. The van der Waals surface area contributed by atoms with Crippen molar-refractivity contribution in [2.24, 2.45) is 0 Å². The highest BCUT2D eigenvalue weighted by Crippen LogP contribution is 2.29. The second-order valence-electron chi connectivity index (χ2n) is 7.97. The summed E-state index contributed by atoms with van der Waals surface area (Å²) in [7, 11) is -3.75. The molecule has 0 bridgehead atoms. The van der Waals surface area contributed by atoms with Gasteiger partial charge in [-0.05, 0) is 36.2 Å². The van der Waals surface area contributed by atoms with Crippen LogP contribution < -0.4 is 4.90 Å². The molecule has 1 aliphatic heterocycles.